The van der Waals surface area contributed by atoms with Crippen LogP contribution in [-0.2, 0) is 6.42 Å². The monoisotopic (exact) mass is 300 g/mol. The predicted molar refractivity (Wildman–Crippen MR) is 81.2 cm³/mol. The predicted octanol–water partition coefficient (Wildman–Crippen LogP) is 1.79. The molecule has 21 heavy (non-hydrogen) atoms. The Morgan fingerprint density at radius 2 is 2.19 bits per heavy atom. The Balaban J connectivity index is 1.63. The molecule has 0 unspecified atom stereocenters. The second-order valence-corrected chi connectivity index (χ2v) is 6.39. The van der Waals surface area contributed by atoms with Crippen LogP contribution < -0.4 is 5.32 Å². The Morgan fingerprint density at radius 3 is 3.00 bits per heavy atom. The summed E-state index contributed by atoms with van der Waals surface area (Å²) in [7, 11) is 0. The van der Waals surface area contributed by atoms with Crippen LogP contribution in [0.25, 0.3) is 16.3 Å². The van der Waals surface area contributed by atoms with Gasteiger partial charge in [-0.25, -0.2) is 0 Å². The average molecular weight is 300 g/mol. The molecule has 1 N–H and O–H groups in total. The number of nitrogens with zero attached hydrogens (tertiary/aromatic N) is 5. The van der Waals surface area contributed by atoms with Gasteiger partial charge in [0.15, 0.2) is 5.82 Å². The lowest BCUT2D eigenvalue weighted by molar-refractivity contribution is 0.371. The van der Waals surface area contributed by atoms with Gasteiger partial charge >= 0.3 is 0 Å². The molecule has 4 heterocycles. The molecule has 0 bridgehead atoms. The van der Waals surface area contributed by atoms with Gasteiger partial charge in [0.1, 0.15) is 5.01 Å². The van der Waals surface area contributed by atoms with Gasteiger partial charge in [-0.2, -0.15) is 9.61 Å². The minimum absolute atomic E-state index is 0.733. The van der Waals surface area contributed by atoms with Crippen LogP contribution in [-0.4, -0.2) is 37.9 Å². The summed E-state index contributed by atoms with van der Waals surface area (Å²) in [4.78, 5) is 4.99. The Bertz CT molecular complexity index is 728. The normalized spacial score (nSPS) is 16.6. The Kier molecular flexibility index (Phi) is 3.36. The molecule has 1 aliphatic heterocycles. The largest absolute Gasteiger partial charge is 0.317 e. The minimum atomic E-state index is 0.733. The summed E-state index contributed by atoms with van der Waals surface area (Å²) in [5.74, 6) is 1.50. The molecular weight excluding hydrogens is 284 g/mol. The molecule has 3 aromatic heterocycles. The molecule has 1 saturated heterocycles. The van der Waals surface area contributed by atoms with Gasteiger partial charge < -0.3 is 5.32 Å². The molecule has 0 aliphatic carbocycles. The molecule has 1 fully saturated rings. The number of nitrogens with one attached hydrogen (secondary N) is 1. The Hall–Kier alpha value is -1.86. The van der Waals surface area contributed by atoms with Crippen LogP contribution >= 0.6 is 11.3 Å². The summed E-state index contributed by atoms with van der Waals surface area (Å²) >= 11 is 1.64. The van der Waals surface area contributed by atoms with Gasteiger partial charge in [0.2, 0.25) is 4.96 Å². The van der Waals surface area contributed by atoms with Gasteiger partial charge in [-0.3, -0.25) is 4.98 Å². The van der Waals surface area contributed by atoms with Crippen molar-refractivity contribution in [2.75, 3.05) is 13.1 Å². The quantitative estimate of drug-likeness (QED) is 0.798. The zero-order valence-electron chi connectivity index (χ0n) is 11.6. The molecule has 7 heteroatoms. The van der Waals surface area contributed by atoms with Crippen molar-refractivity contribution in [2.45, 2.75) is 19.3 Å². The third-order valence-electron chi connectivity index (χ3n) is 3.87. The topological polar surface area (TPSA) is 68.0 Å². The van der Waals surface area contributed by atoms with E-state index in [1.165, 1.54) is 12.8 Å². The first-order chi connectivity index (χ1) is 10.4. The maximum absolute atomic E-state index is 4.71. The number of fused-ring (bicyclic) bond motifs is 1. The number of hydrogen-bond donors (Lipinski definition) is 1. The molecular formula is C14H16N6S. The summed E-state index contributed by atoms with van der Waals surface area (Å²) in [5.41, 5.74) is 0.948. The second kappa shape index (κ2) is 5.50. The van der Waals surface area contributed by atoms with E-state index in [-0.39, 0.29) is 0 Å². The number of pyridine rings is 1. The summed E-state index contributed by atoms with van der Waals surface area (Å²) in [5, 5.41) is 17.7. The van der Waals surface area contributed by atoms with Crippen LogP contribution in [0.15, 0.2) is 24.5 Å². The molecule has 1 aliphatic rings. The van der Waals surface area contributed by atoms with Gasteiger partial charge in [0.05, 0.1) is 0 Å². The maximum Gasteiger partial charge on any atom is 0.234 e. The van der Waals surface area contributed by atoms with Crippen molar-refractivity contribution in [1.82, 2.24) is 30.1 Å². The highest BCUT2D eigenvalue weighted by Gasteiger charge is 2.18. The average Bonchev–Trinajstić information content (AvgIpc) is 3.09. The van der Waals surface area contributed by atoms with E-state index in [2.05, 4.69) is 20.5 Å². The highest BCUT2D eigenvalue weighted by atomic mass is 32.1. The van der Waals surface area contributed by atoms with E-state index < -0.39 is 0 Å². The van der Waals surface area contributed by atoms with E-state index >= 15 is 0 Å². The SMILES string of the molecule is c1cncc(-c2nnc3sc(CC4CCNCC4)nn23)c1. The number of piperidine rings is 1. The van der Waals surface area contributed by atoms with Gasteiger partial charge in [-0.1, -0.05) is 11.3 Å². The van der Waals surface area contributed by atoms with Gasteiger partial charge in [0.25, 0.3) is 0 Å². The van der Waals surface area contributed by atoms with E-state index in [9.17, 15) is 0 Å². The van der Waals surface area contributed by atoms with Crippen LogP contribution in [0, 0.1) is 5.92 Å². The highest BCUT2D eigenvalue weighted by Crippen LogP contribution is 2.24. The molecule has 0 atom stereocenters. The van der Waals surface area contributed by atoms with E-state index in [0.717, 1.165) is 46.8 Å². The summed E-state index contributed by atoms with van der Waals surface area (Å²) in [6.45, 7) is 2.24. The standard InChI is InChI=1S/C14H16N6S/c1-2-11(9-16-5-1)13-17-18-14-20(13)19-12(21-14)8-10-3-6-15-7-4-10/h1-2,5,9-10,15H,3-4,6-8H2. The van der Waals surface area contributed by atoms with E-state index in [4.69, 9.17) is 5.10 Å². The van der Waals surface area contributed by atoms with Crippen LogP contribution in [0.1, 0.15) is 17.8 Å². The number of rotatable bonds is 3. The van der Waals surface area contributed by atoms with Gasteiger partial charge in [-0.05, 0) is 44.0 Å². The third-order valence-corrected chi connectivity index (χ3v) is 4.80. The van der Waals surface area contributed by atoms with Crippen LogP contribution in [0.4, 0.5) is 0 Å². The minimum Gasteiger partial charge on any atom is -0.317 e. The van der Waals surface area contributed by atoms with Crippen molar-refractivity contribution < 1.29 is 0 Å². The smallest absolute Gasteiger partial charge is 0.234 e. The van der Waals surface area contributed by atoms with Crippen LogP contribution in [0.5, 0.6) is 0 Å². The fourth-order valence-electron chi connectivity index (χ4n) is 2.75. The number of hydrogen-bond acceptors (Lipinski definition) is 6. The lowest BCUT2D eigenvalue weighted by Gasteiger charge is -2.21. The van der Waals surface area contributed by atoms with Crippen molar-refractivity contribution in [2.24, 2.45) is 5.92 Å². The molecule has 108 valence electrons. The van der Waals surface area contributed by atoms with Crippen molar-refractivity contribution in [3.8, 4) is 11.4 Å². The van der Waals surface area contributed by atoms with E-state index in [1.54, 1.807) is 23.7 Å². The molecule has 0 spiro atoms. The summed E-state index contributed by atoms with van der Waals surface area (Å²) < 4.78 is 1.85. The number of aromatic nitrogens is 5. The van der Waals surface area contributed by atoms with E-state index in [1.807, 2.05) is 16.6 Å². The van der Waals surface area contributed by atoms with Crippen molar-refractivity contribution >= 4 is 16.3 Å². The molecule has 0 aromatic carbocycles. The van der Waals surface area contributed by atoms with E-state index in [0.29, 0.717) is 0 Å². The molecule has 6 nitrogen and oxygen atoms in total. The molecule has 0 saturated carbocycles. The first kappa shape index (κ1) is 12.8. The molecule has 4 rings (SSSR count). The zero-order chi connectivity index (χ0) is 14.1. The fraction of sp³-hybridized carbons (Fsp3) is 0.429. The van der Waals surface area contributed by atoms with Crippen molar-refractivity contribution in [1.29, 1.82) is 0 Å². The van der Waals surface area contributed by atoms with Crippen LogP contribution in [0.2, 0.25) is 0 Å². The maximum atomic E-state index is 4.71. The molecule has 3 aromatic rings. The van der Waals surface area contributed by atoms with Crippen molar-refractivity contribution in [3.63, 3.8) is 0 Å². The first-order valence-corrected chi connectivity index (χ1v) is 8.04. The molecule has 0 amide bonds. The van der Waals surface area contributed by atoms with Crippen LogP contribution in [0.3, 0.4) is 0 Å². The lowest BCUT2D eigenvalue weighted by atomic mass is 9.95. The highest BCUT2D eigenvalue weighted by molar-refractivity contribution is 7.16. The summed E-state index contributed by atoms with van der Waals surface area (Å²) in [6, 6.07) is 3.88. The zero-order valence-corrected chi connectivity index (χ0v) is 12.4. The second-order valence-electron chi connectivity index (χ2n) is 5.35. The molecule has 0 radical (unpaired) electrons. The van der Waals surface area contributed by atoms with Gasteiger partial charge in [0, 0.05) is 24.4 Å². The lowest BCUT2D eigenvalue weighted by Crippen LogP contribution is -2.28. The van der Waals surface area contributed by atoms with Gasteiger partial charge in [-0.15, -0.1) is 10.2 Å². The Morgan fingerprint density at radius 1 is 1.29 bits per heavy atom. The van der Waals surface area contributed by atoms with Crippen molar-refractivity contribution in [3.05, 3.63) is 29.5 Å². The Labute approximate surface area is 126 Å². The first-order valence-electron chi connectivity index (χ1n) is 7.22. The fourth-order valence-corrected chi connectivity index (χ4v) is 3.69. The third kappa shape index (κ3) is 2.54. The summed E-state index contributed by atoms with van der Waals surface area (Å²) in [6.07, 6.45) is 7.06.